The van der Waals surface area contributed by atoms with Gasteiger partial charge in [-0.1, -0.05) is 32.9 Å². The molecule has 0 heterocycles. The fourth-order valence-electron chi connectivity index (χ4n) is 2.20. The minimum Gasteiger partial charge on any atom is -0.389 e. The smallest absolute Gasteiger partial charge is 0.0945 e. The number of aryl methyl sites for hydroxylation is 1. The monoisotopic (exact) mass is 279 g/mol. The number of nitrogens with one attached hydrogen (secondary N) is 1. The molecule has 0 aromatic heterocycles. The maximum Gasteiger partial charge on any atom is 0.0945 e. The third-order valence-corrected chi connectivity index (χ3v) is 3.25. The van der Waals surface area contributed by atoms with Crippen molar-refractivity contribution in [3.05, 3.63) is 29.8 Å². The van der Waals surface area contributed by atoms with E-state index in [4.69, 9.17) is 4.74 Å². The van der Waals surface area contributed by atoms with E-state index in [1.165, 1.54) is 5.56 Å². The zero-order valence-corrected chi connectivity index (χ0v) is 13.2. The van der Waals surface area contributed by atoms with Crippen LogP contribution in [0.2, 0.25) is 0 Å². The number of rotatable bonds is 9. The maximum atomic E-state index is 9.93. The van der Waals surface area contributed by atoms with Crippen LogP contribution in [0.3, 0.4) is 0 Å². The number of benzene rings is 1. The van der Waals surface area contributed by atoms with Crippen molar-refractivity contribution in [2.24, 2.45) is 5.92 Å². The average Bonchev–Trinajstić information content (AvgIpc) is 2.42. The average molecular weight is 279 g/mol. The van der Waals surface area contributed by atoms with E-state index in [0.29, 0.717) is 19.1 Å². The molecule has 1 aromatic carbocycles. The predicted octanol–water partition coefficient (Wildman–Crippen LogP) is 3.47. The molecule has 0 radical (unpaired) electrons. The van der Waals surface area contributed by atoms with Crippen LogP contribution in [0.1, 0.15) is 39.7 Å². The predicted molar refractivity (Wildman–Crippen MR) is 85.2 cm³/mol. The Kier molecular flexibility index (Phi) is 7.63. The molecule has 0 saturated carbocycles. The molecule has 0 amide bonds. The maximum absolute atomic E-state index is 9.93. The van der Waals surface area contributed by atoms with Crippen LogP contribution in [0.25, 0.3) is 0 Å². The Bertz CT molecular complexity index is 379. The standard InChI is InChI=1S/C17H29NO2/c1-5-15-7-6-8-16(10-15)18-11-17(19)12-20-14(4)9-13(2)3/h6-8,10,13-14,17-19H,5,9,11-12H2,1-4H3. The van der Waals surface area contributed by atoms with Gasteiger partial charge in [-0.25, -0.2) is 0 Å². The van der Waals surface area contributed by atoms with Crippen LogP contribution in [0.5, 0.6) is 0 Å². The largest absolute Gasteiger partial charge is 0.389 e. The lowest BCUT2D eigenvalue weighted by Gasteiger charge is -2.18. The van der Waals surface area contributed by atoms with E-state index in [-0.39, 0.29) is 6.10 Å². The molecule has 2 N–H and O–H groups in total. The van der Waals surface area contributed by atoms with Gasteiger partial charge in [-0.2, -0.15) is 0 Å². The van der Waals surface area contributed by atoms with Gasteiger partial charge in [0.2, 0.25) is 0 Å². The first kappa shape index (κ1) is 17.0. The van der Waals surface area contributed by atoms with Gasteiger partial charge in [-0.15, -0.1) is 0 Å². The lowest BCUT2D eigenvalue weighted by Crippen LogP contribution is -2.27. The molecule has 0 aliphatic rings. The number of ether oxygens (including phenoxy) is 1. The summed E-state index contributed by atoms with van der Waals surface area (Å²) in [7, 11) is 0. The third-order valence-electron chi connectivity index (χ3n) is 3.25. The van der Waals surface area contributed by atoms with Gasteiger partial charge in [0.05, 0.1) is 18.8 Å². The molecule has 0 spiro atoms. The molecule has 1 aromatic rings. The van der Waals surface area contributed by atoms with Crippen molar-refractivity contribution < 1.29 is 9.84 Å². The molecule has 2 unspecified atom stereocenters. The Labute approximate surface area is 123 Å². The molecule has 3 heteroatoms. The van der Waals surface area contributed by atoms with Gasteiger partial charge in [0.15, 0.2) is 0 Å². The Morgan fingerprint density at radius 1 is 1.25 bits per heavy atom. The Morgan fingerprint density at radius 3 is 2.65 bits per heavy atom. The summed E-state index contributed by atoms with van der Waals surface area (Å²) in [4.78, 5) is 0. The van der Waals surface area contributed by atoms with Crippen LogP contribution >= 0.6 is 0 Å². The van der Waals surface area contributed by atoms with Gasteiger partial charge in [-0.3, -0.25) is 0 Å². The molecule has 0 aliphatic heterocycles. The number of hydrogen-bond acceptors (Lipinski definition) is 3. The minimum absolute atomic E-state index is 0.202. The molecule has 0 aliphatic carbocycles. The van der Waals surface area contributed by atoms with Crippen LogP contribution in [-0.2, 0) is 11.2 Å². The molecule has 20 heavy (non-hydrogen) atoms. The van der Waals surface area contributed by atoms with E-state index < -0.39 is 6.10 Å². The number of aliphatic hydroxyl groups is 1. The third kappa shape index (κ3) is 6.92. The van der Waals surface area contributed by atoms with Crippen molar-refractivity contribution in [2.45, 2.75) is 52.7 Å². The molecule has 1 rings (SSSR count). The zero-order chi connectivity index (χ0) is 15.0. The summed E-state index contributed by atoms with van der Waals surface area (Å²) >= 11 is 0. The highest BCUT2D eigenvalue weighted by molar-refractivity contribution is 5.45. The van der Waals surface area contributed by atoms with Crippen LogP contribution in [0, 0.1) is 5.92 Å². The highest BCUT2D eigenvalue weighted by Crippen LogP contribution is 2.11. The Hall–Kier alpha value is -1.06. The van der Waals surface area contributed by atoms with Crippen LogP contribution in [0.15, 0.2) is 24.3 Å². The van der Waals surface area contributed by atoms with E-state index >= 15 is 0 Å². The lowest BCUT2D eigenvalue weighted by atomic mass is 10.1. The summed E-state index contributed by atoms with van der Waals surface area (Å²) in [5, 5.41) is 13.2. The Morgan fingerprint density at radius 2 is 2.00 bits per heavy atom. The SMILES string of the molecule is CCc1cccc(NCC(O)COC(C)CC(C)C)c1. The molecular formula is C17H29NO2. The van der Waals surface area contributed by atoms with E-state index in [2.05, 4.69) is 45.1 Å². The molecule has 114 valence electrons. The first-order valence-corrected chi connectivity index (χ1v) is 7.63. The summed E-state index contributed by atoms with van der Waals surface area (Å²) in [5.74, 6) is 0.622. The zero-order valence-electron chi connectivity index (χ0n) is 13.2. The lowest BCUT2D eigenvalue weighted by molar-refractivity contribution is -0.00443. The molecular weight excluding hydrogens is 250 g/mol. The number of anilines is 1. The second-order valence-electron chi connectivity index (χ2n) is 5.86. The highest BCUT2D eigenvalue weighted by Gasteiger charge is 2.09. The summed E-state index contributed by atoms with van der Waals surface area (Å²) in [6.07, 6.45) is 1.77. The first-order valence-electron chi connectivity index (χ1n) is 7.63. The topological polar surface area (TPSA) is 41.5 Å². The molecule has 2 atom stereocenters. The Balaban J connectivity index is 2.27. The van der Waals surface area contributed by atoms with Gasteiger partial charge in [0.1, 0.15) is 0 Å². The van der Waals surface area contributed by atoms with Crippen molar-refractivity contribution in [2.75, 3.05) is 18.5 Å². The molecule has 3 nitrogen and oxygen atoms in total. The molecule has 0 bridgehead atoms. The van der Waals surface area contributed by atoms with Gasteiger partial charge >= 0.3 is 0 Å². The summed E-state index contributed by atoms with van der Waals surface area (Å²) in [5.41, 5.74) is 2.35. The summed E-state index contributed by atoms with van der Waals surface area (Å²) < 4.78 is 5.66. The second kappa shape index (κ2) is 8.98. The fourth-order valence-corrected chi connectivity index (χ4v) is 2.20. The number of aliphatic hydroxyl groups excluding tert-OH is 1. The normalized spacial score (nSPS) is 14.3. The van der Waals surface area contributed by atoms with Gasteiger partial charge in [0, 0.05) is 12.2 Å². The van der Waals surface area contributed by atoms with Gasteiger partial charge in [-0.05, 0) is 43.4 Å². The van der Waals surface area contributed by atoms with E-state index in [9.17, 15) is 5.11 Å². The number of hydrogen-bond donors (Lipinski definition) is 2. The highest BCUT2D eigenvalue weighted by atomic mass is 16.5. The second-order valence-corrected chi connectivity index (χ2v) is 5.86. The van der Waals surface area contributed by atoms with E-state index in [1.807, 2.05) is 12.1 Å². The summed E-state index contributed by atoms with van der Waals surface area (Å²) in [6, 6.07) is 8.29. The van der Waals surface area contributed by atoms with Crippen molar-refractivity contribution in [1.29, 1.82) is 0 Å². The van der Waals surface area contributed by atoms with Crippen molar-refractivity contribution in [3.8, 4) is 0 Å². The first-order chi connectivity index (χ1) is 9.51. The van der Waals surface area contributed by atoms with Crippen LogP contribution in [-0.4, -0.2) is 30.5 Å². The molecule has 0 saturated heterocycles. The van der Waals surface area contributed by atoms with Gasteiger partial charge < -0.3 is 15.2 Å². The fraction of sp³-hybridized carbons (Fsp3) is 0.647. The van der Waals surface area contributed by atoms with E-state index in [0.717, 1.165) is 18.5 Å². The van der Waals surface area contributed by atoms with E-state index in [1.54, 1.807) is 0 Å². The van der Waals surface area contributed by atoms with Crippen LogP contribution < -0.4 is 5.32 Å². The van der Waals surface area contributed by atoms with Crippen molar-refractivity contribution in [3.63, 3.8) is 0 Å². The van der Waals surface area contributed by atoms with Crippen molar-refractivity contribution in [1.82, 2.24) is 0 Å². The van der Waals surface area contributed by atoms with Crippen molar-refractivity contribution >= 4 is 5.69 Å². The quantitative estimate of drug-likeness (QED) is 0.727. The van der Waals surface area contributed by atoms with Gasteiger partial charge in [0.25, 0.3) is 0 Å². The molecule has 0 fully saturated rings. The minimum atomic E-state index is -0.477. The summed E-state index contributed by atoms with van der Waals surface area (Å²) in [6.45, 7) is 9.45. The van der Waals surface area contributed by atoms with Crippen LogP contribution in [0.4, 0.5) is 5.69 Å².